The number of carboxylic acids is 1. The fraction of sp³-hybridized carbons (Fsp3) is 0.829. The fourth-order valence-electron chi connectivity index (χ4n) is 13.3. The number of amides is 1. The molecule has 1 unspecified atom stereocenters. The Hall–Kier alpha value is -2.31. The Morgan fingerprint density at radius 2 is 1.62 bits per heavy atom. The van der Waals surface area contributed by atoms with Crippen LogP contribution in [0.2, 0.25) is 0 Å². The lowest BCUT2D eigenvalue weighted by Gasteiger charge is -2.72. The average molecular weight is 666 g/mol. The highest BCUT2D eigenvalue weighted by molar-refractivity contribution is 5.77. The lowest BCUT2D eigenvalue weighted by Crippen LogP contribution is -2.66. The number of fused-ring (bicyclic) bond motifs is 7. The Bertz CT molecular complexity index is 1390. The lowest BCUT2D eigenvalue weighted by molar-refractivity contribution is -0.228. The van der Waals surface area contributed by atoms with Gasteiger partial charge in [0.15, 0.2) is 0 Å². The maximum atomic E-state index is 13.1. The summed E-state index contributed by atoms with van der Waals surface area (Å²) in [5.41, 5.74) is 1.83. The van der Waals surface area contributed by atoms with E-state index in [0.717, 1.165) is 51.4 Å². The number of carbonyl (C=O) groups excluding carboxylic acids is 2. The van der Waals surface area contributed by atoms with Crippen LogP contribution in [0, 0.1) is 56.7 Å². The van der Waals surface area contributed by atoms with Gasteiger partial charge in [-0.05, 0) is 161 Å². The average Bonchev–Trinajstić information content (AvgIpc) is 3.36. The van der Waals surface area contributed by atoms with E-state index in [4.69, 9.17) is 9.47 Å². The van der Waals surface area contributed by atoms with Gasteiger partial charge < -0.3 is 19.9 Å². The summed E-state index contributed by atoms with van der Waals surface area (Å²) in [6.07, 6.45) is 15.5. The van der Waals surface area contributed by atoms with Crippen molar-refractivity contribution in [2.24, 2.45) is 56.7 Å². The summed E-state index contributed by atoms with van der Waals surface area (Å²) in [7, 11) is 0. The van der Waals surface area contributed by atoms with Crippen LogP contribution in [0.4, 0.5) is 4.79 Å². The molecule has 1 amide bonds. The van der Waals surface area contributed by atoms with Crippen LogP contribution in [0.1, 0.15) is 139 Å². The van der Waals surface area contributed by atoms with Gasteiger partial charge >= 0.3 is 18.0 Å². The summed E-state index contributed by atoms with van der Waals surface area (Å²) in [4.78, 5) is 38.6. The second kappa shape index (κ2) is 11.9. The highest BCUT2D eigenvalue weighted by atomic mass is 16.6. The third-order valence-electron chi connectivity index (χ3n) is 15.5. The Labute approximate surface area is 289 Å². The van der Waals surface area contributed by atoms with Gasteiger partial charge in [0.05, 0.1) is 17.9 Å². The standard InChI is InChI=1S/C41H63NO6/c1-10-47-33(43)26-13-11-25(12-14-26)27-17-20-38(7)30(37(27,5)6)19-21-40(9)31(38)16-15-28-32-29(42-35(46)48-36(2,3)4)18-22-41(32,34(44)45)24-23-39(28,40)8/h11,17,26,28-32H,10,12-16,18-24H2,1-9H3,(H,42,46)(H,44,45)/t26?,28-,29-,30+,31-,32+,38+,39-,40-,41+/m1/s1. The molecule has 0 aromatic heterocycles. The smallest absolute Gasteiger partial charge is 0.407 e. The minimum atomic E-state index is -0.779. The molecule has 0 aromatic carbocycles. The molecule has 0 spiro atoms. The second-order valence-corrected chi connectivity index (χ2v) is 18.9. The van der Waals surface area contributed by atoms with Crippen LogP contribution in [-0.2, 0) is 19.1 Å². The van der Waals surface area contributed by atoms with Crippen LogP contribution in [0.25, 0.3) is 0 Å². The summed E-state index contributed by atoms with van der Waals surface area (Å²) >= 11 is 0. The maximum Gasteiger partial charge on any atom is 0.407 e. The molecule has 0 radical (unpaired) electrons. The van der Waals surface area contributed by atoms with Crippen LogP contribution in [-0.4, -0.2) is 41.4 Å². The van der Waals surface area contributed by atoms with Crippen molar-refractivity contribution in [1.29, 1.82) is 0 Å². The molecular formula is C41H63NO6. The van der Waals surface area contributed by atoms with Gasteiger partial charge in [-0.2, -0.15) is 0 Å². The monoisotopic (exact) mass is 665 g/mol. The molecule has 6 aliphatic rings. The van der Waals surface area contributed by atoms with E-state index in [-0.39, 0.29) is 51.4 Å². The van der Waals surface area contributed by atoms with E-state index in [1.165, 1.54) is 17.6 Å². The first-order valence-electron chi connectivity index (χ1n) is 19.1. The Kier molecular flexibility index (Phi) is 8.80. The fourth-order valence-corrected chi connectivity index (χ4v) is 13.3. The molecule has 0 aliphatic heterocycles. The van der Waals surface area contributed by atoms with E-state index in [1.54, 1.807) is 0 Å². The quantitative estimate of drug-likeness (QED) is 0.284. The molecule has 6 aliphatic carbocycles. The molecule has 7 heteroatoms. The Morgan fingerprint density at radius 3 is 2.25 bits per heavy atom. The zero-order valence-electron chi connectivity index (χ0n) is 31.3. The van der Waals surface area contributed by atoms with E-state index >= 15 is 0 Å². The zero-order chi connectivity index (χ0) is 35.1. The summed E-state index contributed by atoms with van der Waals surface area (Å²) < 4.78 is 11.0. The van der Waals surface area contributed by atoms with E-state index in [1.807, 2.05) is 27.7 Å². The van der Waals surface area contributed by atoms with Crippen LogP contribution < -0.4 is 5.32 Å². The largest absolute Gasteiger partial charge is 0.481 e. The number of carboxylic acid groups (broad SMARTS) is 1. The van der Waals surface area contributed by atoms with Crippen molar-refractivity contribution in [3.8, 4) is 0 Å². The number of nitrogens with one attached hydrogen (secondary N) is 1. The lowest BCUT2D eigenvalue weighted by atomic mass is 9.32. The highest BCUT2D eigenvalue weighted by Crippen LogP contribution is 2.77. The van der Waals surface area contributed by atoms with Gasteiger partial charge in [0.1, 0.15) is 5.60 Å². The van der Waals surface area contributed by atoms with Crippen LogP contribution >= 0.6 is 0 Å². The molecule has 7 nitrogen and oxygen atoms in total. The molecule has 0 heterocycles. The van der Waals surface area contributed by atoms with Gasteiger partial charge in [0, 0.05) is 6.04 Å². The predicted molar refractivity (Wildman–Crippen MR) is 187 cm³/mol. The number of rotatable bonds is 5. The minimum Gasteiger partial charge on any atom is -0.481 e. The van der Waals surface area contributed by atoms with Gasteiger partial charge in [0.2, 0.25) is 0 Å². The molecule has 0 saturated heterocycles. The Morgan fingerprint density at radius 1 is 0.896 bits per heavy atom. The first-order chi connectivity index (χ1) is 22.3. The Balaban J connectivity index is 1.28. The number of hydrogen-bond donors (Lipinski definition) is 2. The highest BCUT2D eigenvalue weighted by Gasteiger charge is 2.72. The second-order valence-electron chi connectivity index (χ2n) is 18.9. The van der Waals surface area contributed by atoms with Gasteiger partial charge in [-0.1, -0.05) is 46.8 Å². The van der Waals surface area contributed by atoms with Crippen molar-refractivity contribution in [2.45, 2.75) is 151 Å². The molecule has 0 bridgehead atoms. The normalized spacial score (nSPS) is 43.3. The number of esters is 1. The van der Waals surface area contributed by atoms with Gasteiger partial charge in [-0.25, -0.2) is 4.79 Å². The third kappa shape index (κ3) is 5.29. The molecule has 268 valence electrons. The summed E-state index contributed by atoms with van der Waals surface area (Å²) in [5.74, 6) is 0.508. The van der Waals surface area contributed by atoms with E-state index < -0.39 is 23.1 Å². The molecular weight excluding hydrogens is 602 g/mol. The first-order valence-corrected chi connectivity index (χ1v) is 19.1. The first kappa shape index (κ1) is 35.5. The van der Waals surface area contributed by atoms with Crippen molar-refractivity contribution in [3.05, 3.63) is 23.3 Å². The van der Waals surface area contributed by atoms with Crippen molar-refractivity contribution in [1.82, 2.24) is 5.32 Å². The van der Waals surface area contributed by atoms with E-state index in [9.17, 15) is 19.5 Å². The van der Waals surface area contributed by atoms with Gasteiger partial charge in [-0.15, -0.1) is 0 Å². The summed E-state index contributed by atoms with van der Waals surface area (Å²) in [6.45, 7) is 20.5. The molecule has 4 saturated carbocycles. The zero-order valence-corrected chi connectivity index (χ0v) is 31.3. The number of allylic oxidation sites excluding steroid dienone is 4. The van der Waals surface area contributed by atoms with Crippen molar-refractivity contribution < 1.29 is 29.0 Å². The molecule has 4 fully saturated rings. The van der Waals surface area contributed by atoms with Crippen molar-refractivity contribution in [2.75, 3.05) is 6.61 Å². The van der Waals surface area contributed by atoms with Crippen LogP contribution in [0.5, 0.6) is 0 Å². The summed E-state index contributed by atoms with van der Waals surface area (Å²) in [5, 5.41) is 14.0. The topological polar surface area (TPSA) is 102 Å². The van der Waals surface area contributed by atoms with Crippen LogP contribution in [0.15, 0.2) is 23.3 Å². The minimum absolute atomic E-state index is 0.00609. The van der Waals surface area contributed by atoms with Gasteiger partial charge in [0.25, 0.3) is 0 Å². The number of aliphatic carboxylic acids is 1. The van der Waals surface area contributed by atoms with Crippen LogP contribution in [0.3, 0.4) is 0 Å². The van der Waals surface area contributed by atoms with E-state index in [2.05, 4.69) is 52.1 Å². The predicted octanol–water partition coefficient (Wildman–Crippen LogP) is 9.26. The van der Waals surface area contributed by atoms with Gasteiger partial charge in [-0.3, -0.25) is 9.59 Å². The number of ether oxygens (including phenoxy) is 2. The maximum absolute atomic E-state index is 13.1. The number of hydrogen-bond acceptors (Lipinski definition) is 5. The van der Waals surface area contributed by atoms with E-state index in [0.29, 0.717) is 37.7 Å². The molecule has 0 aromatic rings. The SMILES string of the molecule is CCOC(=O)C1CC=C(C2=CC[C@]3(C)[C@H]4CC[C@@H]5[C@H]6[C@H](NC(=O)OC(C)(C)C)CC[C@]6(C(=O)O)CC[C@@]5(C)[C@]4(C)CC[C@H]3C2(C)C)CC1. The van der Waals surface area contributed by atoms with Crippen molar-refractivity contribution >= 4 is 18.0 Å². The number of carbonyl (C=O) groups is 3. The van der Waals surface area contributed by atoms with Crippen molar-refractivity contribution in [3.63, 3.8) is 0 Å². The number of alkyl carbamates (subject to hydrolysis) is 1. The molecule has 6 rings (SSSR count). The summed E-state index contributed by atoms with van der Waals surface area (Å²) in [6, 6.07) is -0.182. The third-order valence-corrected chi connectivity index (χ3v) is 15.5. The molecule has 2 N–H and O–H groups in total. The molecule has 10 atom stereocenters. The molecule has 48 heavy (non-hydrogen) atoms.